The van der Waals surface area contributed by atoms with Crippen LogP contribution in [0.5, 0.6) is 5.75 Å². The second-order valence-corrected chi connectivity index (χ2v) is 18.2. The third-order valence-corrected chi connectivity index (χ3v) is 10.2. The molecular weight excluding hydrogens is 646 g/mol. The molecule has 1 aliphatic carbocycles. The molecule has 0 bridgehead atoms. The second kappa shape index (κ2) is 14.2. The van der Waals surface area contributed by atoms with Crippen molar-refractivity contribution in [2.75, 3.05) is 0 Å². The molecule has 42 heavy (non-hydrogen) atoms. The average Bonchev–Trinajstić information content (AvgIpc) is 3.21. The molecule has 0 saturated carbocycles. The number of allylic oxidation sites excluding steroid dienone is 4. The molecule has 2 aliphatic rings. The third kappa shape index (κ3) is 7.58. The fourth-order valence-corrected chi connectivity index (χ4v) is 8.43. The van der Waals surface area contributed by atoms with Crippen LogP contribution in [0.3, 0.4) is 0 Å². The van der Waals surface area contributed by atoms with Gasteiger partial charge in [-0.15, -0.1) is 5.41 Å². The van der Waals surface area contributed by atoms with Crippen LogP contribution < -0.4 is 4.74 Å². The zero-order valence-corrected chi connectivity index (χ0v) is 29.4. The van der Waals surface area contributed by atoms with E-state index >= 15 is 0 Å². The SMILES string of the molecule is CC(C)Oc1ccccc1[CH]=[Ru]([Cl])[Cl].CCC1=C(N2[CH-]C(C)(c3cccc4ccccc34)CC2(C)C)[C@@H](CC)CC=C1. The minimum Gasteiger partial charge on any atom is -0.520 e. The van der Waals surface area contributed by atoms with Gasteiger partial charge in [0.05, 0.1) is 0 Å². The Bertz CT molecular complexity index is 1460. The summed E-state index contributed by atoms with van der Waals surface area (Å²) in [5.41, 5.74) is 5.69. The molecule has 0 aromatic heterocycles. The maximum Gasteiger partial charge on any atom is 0.00420 e. The van der Waals surface area contributed by atoms with Crippen LogP contribution in [0.2, 0.25) is 0 Å². The van der Waals surface area contributed by atoms with Crippen molar-refractivity contribution in [3.05, 3.63) is 108 Å². The number of hydrogen-bond donors (Lipinski definition) is 0. The Balaban J connectivity index is 0.000000244. The summed E-state index contributed by atoms with van der Waals surface area (Å²) < 4.78 is 7.51. The second-order valence-electron chi connectivity index (χ2n) is 12.5. The van der Waals surface area contributed by atoms with Crippen molar-refractivity contribution in [2.24, 2.45) is 5.92 Å². The fourth-order valence-electron chi connectivity index (χ4n) is 6.63. The number of ether oxygens (including phenoxy) is 1. The summed E-state index contributed by atoms with van der Waals surface area (Å²) in [6, 6.07) is 23.4. The smallest absolute Gasteiger partial charge is 0.00420 e. The van der Waals surface area contributed by atoms with Crippen LogP contribution in [0.4, 0.5) is 0 Å². The van der Waals surface area contributed by atoms with Crippen LogP contribution >= 0.6 is 19.4 Å². The zero-order chi connectivity index (χ0) is 30.5. The first-order valence-electron chi connectivity index (χ1n) is 15.1. The minimum absolute atomic E-state index is 0.0374. The standard InChI is InChI=1S/C27H34N.C10H12O.2ClH.Ru/c1-6-20-13-10-14-21(7-2)25(20)28-19-27(5,18-26(28,3)4)24-17-11-15-22-12-8-9-16-23(22)24;1-8(2)11-10-7-5-4-6-9(10)3;;;/h8-13,15-17,19,21H,6-7,14,18H2,1-5H3;3-8H,1-2H3;2*1H;/q-1;;;;+2/p-2/t21-,27?;;;;/m0..../s1. The van der Waals surface area contributed by atoms with E-state index in [0.29, 0.717) is 5.92 Å². The van der Waals surface area contributed by atoms with Gasteiger partial charge in [-0.1, -0.05) is 81.0 Å². The summed E-state index contributed by atoms with van der Waals surface area (Å²) in [7, 11) is 11.6. The molecule has 1 saturated heterocycles. The van der Waals surface area contributed by atoms with E-state index in [4.69, 9.17) is 24.1 Å². The molecule has 228 valence electrons. The Morgan fingerprint density at radius 1 is 1.00 bits per heavy atom. The van der Waals surface area contributed by atoms with Gasteiger partial charge in [0.2, 0.25) is 0 Å². The van der Waals surface area contributed by atoms with E-state index in [2.05, 4.69) is 101 Å². The first-order valence-corrected chi connectivity index (χ1v) is 20.6. The van der Waals surface area contributed by atoms with Gasteiger partial charge in [-0.25, -0.2) is 6.54 Å². The van der Waals surface area contributed by atoms with Gasteiger partial charge in [0, 0.05) is 5.54 Å². The van der Waals surface area contributed by atoms with Gasteiger partial charge in [-0.05, 0) is 67.5 Å². The van der Waals surface area contributed by atoms with Crippen molar-refractivity contribution < 1.29 is 18.3 Å². The Kier molecular flexibility index (Phi) is 11.2. The average molecular weight is 693 g/mol. The molecule has 1 aliphatic heterocycles. The van der Waals surface area contributed by atoms with E-state index in [1.807, 2.05) is 42.7 Å². The Morgan fingerprint density at radius 3 is 2.38 bits per heavy atom. The summed E-state index contributed by atoms with van der Waals surface area (Å²) >= 11 is -1.77. The minimum atomic E-state index is -1.77. The quantitative estimate of drug-likeness (QED) is 0.181. The molecule has 0 N–H and O–H groups in total. The number of benzene rings is 3. The molecule has 3 aromatic rings. The van der Waals surface area contributed by atoms with Crippen LogP contribution in [0.25, 0.3) is 10.8 Å². The summed E-state index contributed by atoms with van der Waals surface area (Å²) in [6.07, 6.45) is 9.52. The van der Waals surface area contributed by atoms with Crippen LogP contribution in [0.15, 0.2) is 90.2 Å². The summed E-state index contributed by atoms with van der Waals surface area (Å²) in [5, 5.41) is 2.73. The molecule has 2 atom stereocenters. The number of para-hydroxylation sites is 1. The molecule has 3 aromatic carbocycles. The van der Waals surface area contributed by atoms with E-state index in [1.165, 1.54) is 34.8 Å². The van der Waals surface area contributed by atoms with Crippen molar-refractivity contribution in [1.29, 1.82) is 0 Å². The van der Waals surface area contributed by atoms with Crippen molar-refractivity contribution in [2.45, 2.75) is 91.2 Å². The van der Waals surface area contributed by atoms with E-state index in [0.717, 1.165) is 24.2 Å². The van der Waals surface area contributed by atoms with Crippen LogP contribution in [-0.4, -0.2) is 21.2 Å². The predicted molar refractivity (Wildman–Crippen MR) is 180 cm³/mol. The monoisotopic (exact) mass is 692 g/mol. The molecule has 0 amide bonds. The molecule has 2 nitrogen and oxygen atoms in total. The van der Waals surface area contributed by atoms with Crippen LogP contribution in [-0.2, 0) is 18.9 Å². The van der Waals surface area contributed by atoms with Crippen molar-refractivity contribution >= 4 is 34.8 Å². The van der Waals surface area contributed by atoms with Crippen molar-refractivity contribution in [3.63, 3.8) is 0 Å². The Hall–Kier alpha value is -1.93. The number of fused-ring (bicyclic) bond motifs is 1. The topological polar surface area (TPSA) is 12.5 Å². The third-order valence-electron chi connectivity index (χ3n) is 8.33. The van der Waals surface area contributed by atoms with Crippen molar-refractivity contribution in [1.82, 2.24) is 4.90 Å². The molecular formula is C37H46Cl2NORu-. The van der Waals surface area contributed by atoms with E-state index < -0.39 is 13.5 Å². The van der Waals surface area contributed by atoms with Gasteiger partial charge in [0.25, 0.3) is 0 Å². The summed E-state index contributed by atoms with van der Waals surface area (Å²) in [4.78, 5) is 2.66. The molecule has 1 unspecified atom stereocenters. The van der Waals surface area contributed by atoms with E-state index in [1.54, 1.807) is 5.70 Å². The number of rotatable bonds is 7. The number of hydrogen-bond acceptors (Lipinski definition) is 2. The Labute approximate surface area is 267 Å². The van der Waals surface area contributed by atoms with E-state index in [9.17, 15) is 0 Å². The van der Waals surface area contributed by atoms with Gasteiger partial charge in [0.15, 0.2) is 0 Å². The fraction of sp³-hybridized carbons (Fsp3) is 0.405. The van der Waals surface area contributed by atoms with Crippen LogP contribution in [0, 0.1) is 12.5 Å². The predicted octanol–water partition coefficient (Wildman–Crippen LogP) is 10.9. The number of nitrogens with zero attached hydrogens (tertiary/aromatic N) is 1. The van der Waals surface area contributed by atoms with Gasteiger partial charge >= 0.3 is 97.8 Å². The summed E-state index contributed by atoms with van der Waals surface area (Å²) in [5.74, 6) is 1.48. The normalized spacial score (nSPS) is 21.8. The molecule has 0 radical (unpaired) electrons. The van der Waals surface area contributed by atoms with Crippen LogP contribution in [0.1, 0.15) is 85.3 Å². The molecule has 0 spiro atoms. The molecule has 5 heteroatoms. The Morgan fingerprint density at radius 2 is 1.69 bits per heavy atom. The number of likely N-dealkylation sites (tertiary alicyclic amines) is 1. The van der Waals surface area contributed by atoms with Gasteiger partial charge in [-0.2, -0.15) is 0 Å². The molecule has 5 rings (SSSR count). The maximum atomic E-state index is 5.82. The first-order chi connectivity index (χ1) is 20.0. The molecule has 1 fully saturated rings. The van der Waals surface area contributed by atoms with Gasteiger partial charge < -0.3 is 4.90 Å². The largest absolute Gasteiger partial charge is 0.520 e. The first kappa shape index (κ1) is 33.0. The van der Waals surface area contributed by atoms with Crippen molar-refractivity contribution in [3.8, 4) is 5.75 Å². The van der Waals surface area contributed by atoms with Gasteiger partial charge in [-0.3, -0.25) is 0 Å². The summed E-state index contributed by atoms with van der Waals surface area (Å²) in [6.45, 7) is 18.5. The van der Waals surface area contributed by atoms with E-state index in [-0.39, 0.29) is 17.1 Å². The maximum absolute atomic E-state index is 5.82. The van der Waals surface area contributed by atoms with Gasteiger partial charge in [0.1, 0.15) is 0 Å². The molecule has 1 heterocycles. The number of halogens is 2. The zero-order valence-electron chi connectivity index (χ0n) is 26.1.